The molecule has 1 aromatic carbocycles. The van der Waals surface area contributed by atoms with E-state index >= 15 is 0 Å². The summed E-state index contributed by atoms with van der Waals surface area (Å²) in [5.74, 6) is 0.450. The minimum atomic E-state index is -0.268. The van der Waals surface area contributed by atoms with Crippen molar-refractivity contribution in [1.82, 2.24) is 9.97 Å². The Hall–Kier alpha value is -1.46. The molecule has 1 aromatic heterocycles. The number of nitrogens with one attached hydrogen (secondary N) is 1. The number of nitrogens with zero attached hydrogens (tertiary/aromatic N) is 1. The topological polar surface area (TPSA) is 66.0 Å². The summed E-state index contributed by atoms with van der Waals surface area (Å²) in [5, 5.41) is 11.0. The normalized spacial score (nSPS) is 12.3. The summed E-state index contributed by atoms with van der Waals surface area (Å²) in [6.07, 6.45) is 0.773. The summed E-state index contributed by atoms with van der Waals surface area (Å²) < 4.78 is 0. The van der Waals surface area contributed by atoms with Crippen LogP contribution < -0.4 is 5.56 Å². The maximum atomic E-state index is 12.0. The number of hydrogen-bond donors (Lipinski definition) is 2. The Kier molecular flexibility index (Phi) is 5.31. The molecule has 0 aliphatic carbocycles. The van der Waals surface area contributed by atoms with E-state index in [1.54, 1.807) is 0 Å². The van der Waals surface area contributed by atoms with Crippen LogP contribution in [0.1, 0.15) is 37.3 Å². The molecular weight excluding hydrogens is 308 g/mol. The van der Waals surface area contributed by atoms with Crippen LogP contribution >= 0.6 is 23.4 Å². The van der Waals surface area contributed by atoms with E-state index in [0.717, 1.165) is 12.0 Å². The molecule has 21 heavy (non-hydrogen) atoms. The predicted molar refractivity (Wildman–Crippen MR) is 86.2 cm³/mol. The van der Waals surface area contributed by atoms with Gasteiger partial charge in [-0.05, 0) is 30.0 Å². The van der Waals surface area contributed by atoms with E-state index in [1.807, 2.05) is 38.1 Å². The summed E-state index contributed by atoms with van der Waals surface area (Å²) in [6, 6.07) is 7.47. The molecule has 1 heterocycles. The van der Waals surface area contributed by atoms with Crippen molar-refractivity contribution in [3.8, 4) is 5.88 Å². The quantitative estimate of drug-likeness (QED) is 0.646. The van der Waals surface area contributed by atoms with Crippen LogP contribution in [0.15, 0.2) is 34.2 Å². The molecule has 4 nitrogen and oxygen atoms in total. The van der Waals surface area contributed by atoms with E-state index in [9.17, 15) is 9.90 Å². The third-order valence-corrected chi connectivity index (χ3v) is 4.50. The van der Waals surface area contributed by atoms with Crippen LogP contribution in [0.5, 0.6) is 5.88 Å². The Balaban J connectivity index is 2.15. The van der Waals surface area contributed by atoms with Crippen molar-refractivity contribution in [2.75, 3.05) is 0 Å². The lowest BCUT2D eigenvalue weighted by Crippen LogP contribution is -2.17. The molecule has 0 fully saturated rings. The van der Waals surface area contributed by atoms with Gasteiger partial charge in [0.25, 0.3) is 5.56 Å². The SMILES string of the molecule is CC[C@H](C)c1c(O)nc(SCc2ccc(Cl)cc2)[nH]c1=O. The van der Waals surface area contributed by atoms with Gasteiger partial charge in [-0.15, -0.1) is 0 Å². The third kappa shape index (κ3) is 4.02. The van der Waals surface area contributed by atoms with E-state index in [1.165, 1.54) is 11.8 Å². The van der Waals surface area contributed by atoms with Crippen molar-refractivity contribution < 1.29 is 5.11 Å². The molecule has 0 radical (unpaired) electrons. The van der Waals surface area contributed by atoms with E-state index in [0.29, 0.717) is 21.5 Å². The van der Waals surface area contributed by atoms with Crippen molar-refractivity contribution in [2.45, 2.75) is 37.1 Å². The first-order valence-corrected chi connectivity index (χ1v) is 8.08. The second-order valence-electron chi connectivity index (χ2n) is 4.83. The van der Waals surface area contributed by atoms with Crippen molar-refractivity contribution >= 4 is 23.4 Å². The lowest BCUT2D eigenvalue weighted by atomic mass is 10.0. The fourth-order valence-electron chi connectivity index (χ4n) is 1.90. The number of aromatic hydroxyl groups is 1. The van der Waals surface area contributed by atoms with Gasteiger partial charge in [-0.25, -0.2) is 0 Å². The monoisotopic (exact) mass is 324 g/mol. The summed E-state index contributed by atoms with van der Waals surface area (Å²) in [5.41, 5.74) is 1.15. The van der Waals surface area contributed by atoms with Gasteiger partial charge in [0, 0.05) is 10.8 Å². The van der Waals surface area contributed by atoms with E-state index in [4.69, 9.17) is 11.6 Å². The van der Waals surface area contributed by atoms with E-state index in [-0.39, 0.29) is 17.4 Å². The zero-order chi connectivity index (χ0) is 15.4. The van der Waals surface area contributed by atoms with Gasteiger partial charge < -0.3 is 10.1 Å². The van der Waals surface area contributed by atoms with Gasteiger partial charge in [0.1, 0.15) is 0 Å². The molecule has 0 aliphatic heterocycles. The van der Waals surface area contributed by atoms with Crippen LogP contribution in [0.2, 0.25) is 5.02 Å². The van der Waals surface area contributed by atoms with E-state index in [2.05, 4.69) is 9.97 Å². The highest BCUT2D eigenvalue weighted by Crippen LogP contribution is 2.26. The van der Waals surface area contributed by atoms with Crippen molar-refractivity contribution in [3.63, 3.8) is 0 Å². The van der Waals surface area contributed by atoms with Crippen molar-refractivity contribution in [1.29, 1.82) is 0 Å². The Morgan fingerprint density at radius 1 is 1.38 bits per heavy atom. The number of thioether (sulfide) groups is 1. The number of hydrogen-bond acceptors (Lipinski definition) is 4. The molecule has 0 saturated carbocycles. The number of aromatic amines is 1. The molecule has 0 amide bonds. The number of halogens is 1. The van der Waals surface area contributed by atoms with Gasteiger partial charge in [-0.2, -0.15) is 4.98 Å². The molecule has 2 N–H and O–H groups in total. The summed E-state index contributed by atoms with van der Waals surface area (Å²) in [7, 11) is 0. The number of H-pyrrole nitrogens is 1. The molecule has 112 valence electrons. The first-order chi connectivity index (χ1) is 10.0. The first kappa shape index (κ1) is 15.9. The molecule has 2 aromatic rings. The minimum Gasteiger partial charge on any atom is -0.493 e. The average Bonchev–Trinajstić information content (AvgIpc) is 2.45. The smallest absolute Gasteiger partial charge is 0.258 e. The van der Waals surface area contributed by atoms with Crippen LogP contribution in [-0.4, -0.2) is 15.1 Å². The van der Waals surface area contributed by atoms with E-state index < -0.39 is 0 Å². The second-order valence-corrected chi connectivity index (χ2v) is 6.23. The predicted octanol–water partition coefficient (Wildman–Crippen LogP) is 3.93. The number of benzene rings is 1. The summed E-state index contributed by atoms with van der Waals surface area (Å²) >= 11 is 7.20. The molecule has 1 atom stereocenters. The minimum absolute atomic E-state index is 0.0171. The standard InChI is InChI=1S/C15H17ClN2O2S/c1-3-9(2)12-13(19)17-15(18-14(12)20)21-8-10-4-6-11(16)7-5-10/h4-7,9H,3,8H2,1-2H3,(H2,17,18,19,20)/t9-/m0/s1. The average molecular weight is 325 g/mol. The Morgan fingerprint density at radius 2 is 2.05 bits per heavy atom. The lowest BCUT2D eigenvalue weighted by Gasteiger charge is -2.10. The zero-order valence-electron chi connectivity index (χ0n) is 11.9. The maximum Gasteiger partial charge on any atom is 0.258 e. The van der Waals surface area contributed by atoms with Gasteiger partial charge in [0.05, 0.1) is 5.56 Å². The fourth-order valence-corrected chi connectivity index (χ4v) is 2.84. The maximum absolute atomic E-state index is 12.0. The van der Waals surface area contributed by atoms with Crippen LogP contribution in [0.3, 0.4) is 0 Å². The van der Waals surface area contributed by atoms with Gasteiger partial charge in [-0.3, -0.25) is 4.79 Å². The first-order valence-electron chi connectivity index (χ1n) is 6.71. The molecule has 2 rings (SSSR count). The molecule has 0 unspecified atom stereocenters. The fraction of sp³-hybridized carbons (Fsp3) is 0.333. The van der Waals surface area contributed by atoms with Crippen LogP contribution in [-0.2, 0) is 5.75 Å². The molecule has 0 bridgehead atoms. The lowest BCUT2D eigenvalue weighted by molar-refractivity contribution is 0.429. The molecule has 0 spiro atoms. The number of aromatic nitrogens is 2. The van der Waals surface area contributed by atoms with Crippen LogP contribution in [0, 0.1) is 0 Å². The molecule has 0 saturated heterocycles. The highest BCUT2D eigenvalue weighted by atomic mass is 35.5. The third-order valence-electron chi connectivity index (χ3n) is 3.31. The molecule has 0 aliphatic rings. The Labute approximate surface area is 132 Å². The number of rotatable bonds is 5. The van der Waals surface area contributed by atoms with Gasteiger partial charge >= 0.3 is 0 Å². The van der Waals surface area contributed by atoms with Crippen LogP contribution in [0.25, 0.3) is 0 Å². The van der Waals surface area contributed by atoms with Crippen LogP contribution in [0.4, 0.5) is 0 Å². The largest absolute Gasteiger partial charge is 0.493 e. The highest BCUT2D eigenvalue weighted by molar-refractivity contribution is 7.98. The summed E-state index contributed by atoms with van der Waals surface area (Å²) in [4.78, 5) is 18.8. The van der Waals surface area contributed by atoms with Crippen molar-refractivity contribution in [2.24, 2.45) is 0 Å². The van der Waals surface area contributed by atoms with Gasteiger partial charge in [-0.1, -0.05) is 49.3 Å². The molecular formula is C15H17ClN2O2S. The van der Waals surface area contributed by atoms with Crippen molar-refractivity contribution in [3.05, 3.63) is 50.8 Å². The Bertz CT molecular complexity index is 670. The second kappa shape index (κ2) is 7.00. The summed E-state index contributed by atoms with van der Waals surface area (Å²) in [6.45, 7) is 3.86. The van der Waals surface area contributed by atoms with Gasteiger partial charge in [0.15, 0.2) is 5.16 Å². The Morgan fingerprint density at radius 3 is 2.62 bits per heavy atom. The van der Waals surface area contributed by atoms with Gasteiger partial charge in [0.2, 0.25) is 5.88 Å². The zero-order valence-corrected chi connectivity index (χ0v) is 13.5. The molecule has 6 heteroatoms. The highest BCUT2D eigenvalue weighted by Gasteiger charge is 2.16.